The smallest absolute Gasteiger partial charge is 0.193 e. The zero-order chi connectivity index (χ0) is 14.2. The summed E-state index contributed by atoms with van der Waals surface area (Å²) in [6, 6.07) is 1.13. The van der Waals surface area contributed by atoms with E-state index in [9.17, 15) is 0 Å². The zero-order valence-electron chi connectivity index (χ0n) is 12.5. The van der Waals surface area contributed by atoms with Gasteiger partial charge in [-0.3, -0.25) is 14.2 Å². The lowest BCUT2D eigenvalue weighted by Gasteiger charge is -2.50. The maximum atomic E-state index is 4.76. The second kappa shape index (κ2) is 5.68. The van der Waals surface area contributed by atoms with Crippen LogP contribution in [-0.2, 0) is 6.42 Å². The number of aromatic nitrogens is 2. The first-order valence-electron chi connectivity index (χ1n) is 7.94. The fourth-order valence-corrected chi connectivity index (χ4v) is 4.46. The van der Waals surface area contributed by atoms with E-state index in [1.165, 1.54) is 38.4 Å². The van der Waals surface area contributed by atoms with Crippen molar-refractivity contribution in [3.05, 3.63) is 23.5 Å². The molecule has 2 aromatic heterocycles. The highest BCUT2D eigenvalue weighted by Crippen LogP contribution is 2.21. The van der Waals surface area contributed by atoms with Gasteiger partial charge in [-0.1, -0.05) is 6.92 Å². The first-order chi connectivity index (χ1) is 10.3. The molecule has 1 N–H and O–H groups in total. The van der Waals surface area contributed by atoms with Gasteiger partial charge in [-0.2, -0.15) is 0 Å². The summed E-state index contributed by atoms with van der Waals surface area (Å²) < 4.78 is 2.14. The van der Waals surface area contributed by atoms with Crippen molar-refractivity contribution in [3.63, 3.8) is 0 Å². The predicted octanol–water partition coefficient (Wildman–Crippen LogP) is 0.916. The van der Waals surface area contributed by atoms with Gasteiger partial charge in [0.15, 0.2) is 4.96 Å². The van der Waals surface area contributed by atoms with Gasteiger partial charge in [0, 0.05) is 69.0 Å². The molecule has 3 aliphatic rings. The number of thiazole rings is 1. The summed E-state index contributed by atoms with van der Waals surface area (Å²) in [5.74, 6) is 0. The summed E-state index contributed by atoms with van der Waals surface area (Å²) in [6.45, 7) is 9.38. The SMILES string of the molecule is CCNC(Cc1cn2ccsc2n1)C1CN2CCN1CC2. The molecule has 0 radical (unpaired) electrons. The van der Waals surface area contributed by atoms with Gasteiger partial charge in [0.05, 0.1) is 5.69 Å². The van der Waals surface area contributed by atoms with Crippen molar-refractivity contribution in [2.24, 2.45) is 0 Å². The predicted molar refractivity (Wildman–Crippen MR) is 86.0 cm³/mol. The van der Waals surface area contributed by atoms with Crippen LogP contribution in [0.25, 0.3) is 4.96 Å². The van der Waals surface area contributed by atoms with Gasteiger partial charge in [-0.25, -0.2) is 4.98 Å². The van der Waals surface area contributed by atoms with Gasteiger partial charge in [0.2, 0.25) is 0 Å². The van der Waals surface area contributed by atoms with Crippen molar-refractivity contribution in [1.29, 1.82) is 0 Å². The maximum Gasteiger partial charge on any atom is 0.193 e. The van der Waals surface area contributed by atoms with Crippen LogP contribution in [0.3, 0.4) is 0 Å². The largest absolute Gasteiger partial charge is 0.312 e. The second-order valence-electron chi connectivity index (χ2n) is 6.10. The Balaban J connectivity index is 1.52. The maximum absolute atomic E-state index is 4.76. The van der Waals surface area contributed by atoms with Crippen LogP contribution in [0.4, 0.5) is 0 Å². The van der Waals surface area contributed by atoms with Crippen LogP contribution in [0.15, 0.2) is 17.8 Å². The van der Waals surface area contributed by atoms with Crippen LogP contribution in [0.1, 0.15) is 12.6 Å². The Labute approximate surface area is 129 Å². The Morgan fingerprint density at radius 2 is 2.24 bits per heavy atom. The van der Waals surface area contributed by atoms with Crippen molar-refractivity contribution < 1.29 is 0 Å². The number of likely N-dealkylation sites (N-methyl/N-ethyl adjacent to an activating group) is 1. The Morgan fingerprint density at radius 1 is 1.38 bits per heavy atom. The molecule has 0 spiro atoms. The molecule has 2 aromatic rings. The highest BCUT2D eigenvalue weighted by atomic mass is 32.1. The molecule has 2 bridgehead atoms. The Kier molecular flexibility index (Phi) is 3.71. The van der Waals surface area contributed by atoms with Crippen molar-refractivity contribution in [2.75, 3.05) is 39.3 Å². The minimum atomic E-state index is 0.503. The van der Waals surface area contributed by atoms with E-state index in [0.717, 1.165) is 17.9 Å². The topological polar surface area (TPSA) is 35.8 Å². The van der Waals surface area contributed by atoms with E-state index >= 15 is 0 Å². The standard InChI is InChI=1S/C15H23N5S/c1-2-16-13(14-11-18-3-5-19(14)6-4-18)9-12-10-20-7-8-21-15(20)17-12/h7-8,10,13-14,16H,2-6,9,11H2,1H3. The molecule has 0 aromatic carbocycles. The number of nitrogens with one attached hydrogen (secondary N) is 1. The number of nitrogens with zero attached hydrogens (tertiary/aromatic N) is 4. The number of fused-ring (bicyclic) bond motifs is 4. The summed E-state index contributed by atoms with van der Waals surface area (Å²) in [4.78, 5) is 11.2. The molecular formula is C15H23N5S. The van der Waals surface area contributed by atoms with Gasteiger partial charge in [0.1, 0.15) is 0 Å². The Bertz CT molecular complexity index is 569. The fourth-order valence-electron chi connectivity index (χ4n) is 3.75. The second-order valence-corrected chi connectivity index (χ2v) is 6.97. The van der Waals surface area contributed by atoms with Crippen molar-refractivity contribution in [3.8, 4) is 0 Å². The minimum Gasteiger partial charge on any atom is -0.312 e. The minimum absolute atomic E-state index is 0.503. The summed E-state index contributed by atoms with van der Waals surface area (Å²) in [7, 11) is 0. The first-order valence-corrected chi connectivity index (χ1v) is 8.82. The van der Waals surface area contributed by atoms with Gasteiger partial charge in [0.25, 0.3) is 0 Å². The van der Waals surface area contributed by atoms with Crippen LogP contribution >= 0.6 is 11.3 Å². The number of piperazine rings is 3. The summed E-state index contributed by atoms with van der Waals surface area (Å²) in [6.07, 6.45) is 5.31. The highest BCUT2D eigenvalue weighted by Gasteiger charge is 2.36. The van der Waals surface area contributed by atoms with Gasteiger partial charge in [-0.15, -0.1) is 11.3 Å². The van der Waals surface area contributed by atoms with E-state index in [4.69, 9.17) is 4.98 Å². The average Bonchev–Trinajstić information content (AvgIpc) is 3.09. The van der Waals surface area contributed by atoms with Crippen LogP contribution in [0.2, 0.25) is 0 Å². The fraction of sp³-hybridized carbons (Fsp3) is 0.667. The van der Waals surface area contributed by atoms with E-state index in [1.54, 1.807) is 11.3 Å². The molecule has 114 valence electrons. The first kappa shape index (κ1) is 13.7. The van der Waals surface area contributed by atoms with Gasteiger partial charge in [-0.05, 0) is 6.54 Å². The Hall–Kier alpha value is -0.950. The van der Waals surface area contributed by atoms with Gasteiger partial charge < -0.3 is 5.32 Å². The molecule has 3 saturated heterocycles. The molecule has 0 amide bonds. The van der Waals surface area contributed by atoms with E-state index in [0.29, 0.717) is 12.1 Å². The number of hydrogen-bond acceptors (Lipinski definition) is 5. The number of hydrogen-bond donors (Lipinski definition) is 1. The lowest BCUT2D eigenvalue weighted by atomic mass is 9.96. The normalized spacial score (nSPS) is 30.0. The summed E-state index contributed by atoms with van der Waals surface area (Å²) in [5, 5.41) is 5.80. The quantitative estimate of drug-likeness (QED) is 0.891. The van der Waals surface area contributed by atoms with E-state index < -0.39 is 0 Å². The van der Waals surface area contributed by atoms with Crippen LogP contribution < -0.4 is 5.32 Å². The van der Waals surface area contributed by atoms with E-state index in [2.05, 4.69) is 44.2 Å². The lowest BCUT2D eigenvalue weighted by Crippen LogP contribution is -2.66. The molecule has 0 aliphatic carbocycles. The molecule has 5 nitrogen and oxygen atoms in total. The molecule has 5 heterocycles. The molecule has 0 saturated carbocycles. The van der Waals surface area contributed by atoms with Crippen LogP contribution in [0.5, 0.6) is 0 Å². The van der Waals surface area contributed by atoms with Gasteiger partial charge >= 0.3 is 0 Å². The molecular weight excluding hydrogens is 282 g/mol. The molecule has 5 rings (SSSR count). The zero-order valence-corrected chi connectivity index (χ0v) is 13.4. The summed E-state index contributed by atoms with van der Waals surface area (Å²) in [5.41, 5.74) is 1.21. The molecule has 2 atom stereocenters. The molecule has 3 aliphatic heterocycles. The Morgan fingerprint density at radius 3 is 2.90 bits per heavy atom. The van der Waals surface area contributed by atoms with Crippen molar-refractivity contribution >= 4 is 16.3 Å². The number of imidazole rings is 1. The van der Waals surface area contributed by atoms with E-state index in [1.807, 2.05) is 0 Å². The average molecular weight is 305 g/mol. The third-order valence-electron chi connectivity index (χ3n) is 4.82. The molecule has 21 heavy (non-hydrogen) atoms. The third kappa shape index (κ3) is 2.61. The number of rotatable bonds is 5. The molecule has 2 unspecified atom stereocenters. The molecule has 3 fully saturated rings. The van der Waals surface area contributed by atoms with Crippen molar-refractivity contribution in [2.45, 2.75) is 25.4 Å². The highest BCUT2D eigenvalue weighted by molar-refractivity contribution is 7.15. The van der Waals surface area contributed by atoms with Crippen LogP contribution in [0, 0.1) is 0 Å². The lowest BCUT2D eigenvalue weighted by molar-refractivity contribution is -0.00300. The summed E-state index contributed by atoms with van der Waals surface area (Å²) >= 11 is 1.71. The monoisotopic (exact) mass is 305 g/mol. The van der Waals surface area contributed by atoms with Crippen LogP contribution in [-0.4, -0.2) is 70.5 Å². The third-order valence-corrected chi connectivity index (χ3v) is 5.59. The van der Waals surface area contributed by atoms with Crippen molar-refractivity contribution in [1.82, 2.24) is 24.5 Å². The molecule has 6 heteroatoms. The van der Waals surface area contributed by atoms with E-state index in [-0.39, 0.29) is 0 Å².